The fourth-order valence-electron chi connectivity index (χ4n) is 1.25. The Morgan fingerprint density at radius 1 is 1.19 bits per heavy atom. The van der Waals surface area contributed by atoms with E-state index in [1.165, 1.54) is 12.1 Å². The smallest absolute Gasteiger partial charge is 0.268 e. The van der Waals surface area contributed by atoms with Gasteiger partial charge in [0.2, 0.25) is 0 Å². The summed E-state index contributed by atoms with van der Waals surface area (Å²) in [6.07, 6.45) is 0.877. The Morgan fingerprint density at radius 3 is 2.50 bits per heavy atom. The molecule has 0 amide bonds. The van der Waals surface area contributed by atoms with Crippen LogP contribution < -0.4 is 11.2 Å². The van der Waals surface area contributed by atoms with Crippen molar-refractivity contribution in [2.24, 2.45) is 0 Å². The first-order valence-electron chi connectivity index (χ1n) is 4.46. The molecule has 2 rings (SSSR count). The third kappa shape index (κ3) is 1.68. The van der Waals surface area contributed by atoms with E-state index in [0.717, 1.165) is 6.20 Å². The van der Waals surface area contributed by atoms with Crippen LogP contribution in [0.2, 0.25) is 0 Å². The van der Waals surface area contributed by atoms with Gasteiger partial charge in [0.15, 0.2) is 0 Å². The highest BCUT2D eigenvalue weighted by Gasteiger charge is 2.12. The zero-order valence-corrected chi connectivity index (χ0v) is 8.08. The van der Waals surface area contributed by atoms with E-state index in [-0.39, 0.29) is 5.56 Å². The van der Waals surface area contributed by atoms with Gasteiger partial charge in [-0.15, -0.1) is 0 Å². The van der Waals surface area contributed by atoms with Gasteiger partial charge in [-0.05, 0) is 12.1 Å². The number of aromatic nitrogens is 3. The Morgan fingerprint density at radius 2 is 1.88 bits per heavy atom. The predicted molar refractivity (Wildman–Crippen MR) is 55.3 cm³/mol. The molecule has 0 spiro atoms. The largest absolute Gasteiger partial charge is 0.352 e. The topological polar surface area (TPSA) is 84.8 Å². The third-order valence-electron chi connectivity index (χ3n) is 1.98. The van der Waals surface area contributed by atoms with Crippen molar-refractivity contribution in [1.82, 2.24) is 14.8 Å². The lowest BCUT2D eigenvalue weighted by atomic mass is 10.2. The van der Waals surface area contributed by atoms with Crippen LogP contribution in [-0.2, 0) is 0 Å². The molecule has 0 aliphatic carbocycles. The molecule has 0 aliphatic heterocycles. The molecule has 0 aliphatic rings. The lowest BCUT2D eigenvalue weighted by molar-refractivity contribution is 0.0949. The van der Waals surface area contributed by atoms with Crippen LogP contribution in [0, 0.1) is 0 Å². The van der Waals surface area contributed by atoms with Crippen LogP contribution in [0.5, 0.6) is 0 Å². The van der Waals surface area contributed by atoms with Gasteiger partial charge in [-0.2, -0.15) is 9.67 Å². The van der Waals surface area contributed by atoms with E-state index in [2.05, 4.69) is 5.10 Å². The maximum Gasteiger partial charge on any atom is 0.352 e. The van der Waals surface area contributed by atoms with E-state index in [4.69, 9.17) is 0 Å². The highest BCUT2D eigenvalue weighted by molar-refractivity contribution is 5.95. The molecule has 0 saturated heterocycles. The van der Waals surface area contributed by atoms with E-state index in [1.807, 2.05) is 5.10 Å². The van der Waals surface area contributed by atoms with Gasteiger partial charge >= 0.3 is 5.69 Å². The van der Waals surface area contributed by atoms with Crippen LogP contribution in [0.3, 0.4) is 0 Å². The zero-order valence-electron chi connectivity index (χ0n) is 8.08. The number of hydrogen-bond acceptors (Lipinski definition) is 4. The maximum absolute atomic E-state index is 11.8. The third-order valence-corrected chi connectivity index (χ3v) is 1.98. The standard InChI is InChI=1S/C10H7N3O3/c14-8-6-11-12-10(16)13(8)9(15)7-4-2-1-3-5-7/h1-6H,(H,12,16). The predicted octanol–water partition coefficient (Wildman–Crippen LogP) is -0.380. The summed E-state index contributed by atoms with van der Waals surface area (Å²) in [5, 5.41) is 5.33. The average Bonchev–Trinajstić information content (AvgIpc) is 2.30. The van der Waals surface area contributed by atoms with Gasteiger partial charge in [-0.25, -0.2) is 9.89 Å². The van der Waals surface area contributed by atoms with Crippen LogP contribution in [-0.4, -0.2) is 20.7 Å². The van der Waals surface area contributed by atoms with Gasteiger partial charge in [0.05, 0.1) is 0 Å². The molecule has 1 aromatic heterocycles. The van der Waals surface area contributed by atoms with Crippen molar-refractivity contribution in [2.45, 2.75) is 0 Å². The van der Waals surface area contributed by atoms with Crippen molar-refractivity contribution in [3.05, 3.63) is 62.9 Å². The van der Waals surface area contributed by atoms with Gasteiger partial charge < -0.3 is 0 Å². The quantitative estimate of drug-likeness (QED) is 0.705. The molecule has 2 aromatic rings. The van der Waals surface area contributed by atoms with Gasteiger partial charge in [0, 0.05) is 5.56 Å². The molecular formula is C10H7N3O3. The first-order chi connectivity index (χ1) is 7.70. The molecular weight excluding hydrogens is 210 g/mol. The Bertz CT molecular complexity index is 599. The zero-order chi connectivity index (χ0) is 11.5. The fraction of sp³-hybridized carbons (Fsp3) is 0. The molecule has 1 aromatic carbocycles. The van der Waals surface area contributed by atoms with Crippen molar-refractivity contribution in [3.63, 3.8) is 0 Å². The average molecular weight is 217 g/mol. The molecule has 16 heavy (non-hydrogen) atoms. The van der Waals surface area contributed by atoms with Crippen molar-refractivity contribution in [2.75, 3.05) is 0 Å². The number of nitrogens with zero attached hydrogens (tertiary/aromatic N) is 2. The maximum atomic E-state index is 11.8. The van der Waals surface area contributed by atoms with Crippen molar-refractivity contribution < 1.29 is 4.79 Å². The number of rotatable bonds is 1. The van der Waals surface area contributed by atoms with E-state index in [9.17, 15) is 14.4 Å². The van der Waals surface area contributed by atoms with Crippen LogP contribution in [0.1, 0.15) is 10.4 Å². The molecule has 0 unspecified atom stereocenters. The molecule has 1 heterocycles. The molecule has 0 atom stereocenters. The summed E-state index contributed by atoms with van der Waals surface area (Å²) in [5.41, 5.74) is -1.33. The molecule has 6 nitrogen and oxygen atoms in total. The molecule has 6 heteroatoms. The molecule has 1 N–H and O–H groups in total. The van der Waals surface area contributed by atoms with Gasteiger partial charge in [-0.1, -0.05) is 18.2 Å². The second-order valence-electron chi connectivity index (χ2n) is 3.02. The molecule has 0 bridgehead atoms. The number of nitrogens with one attached hydrogen (secondary N) is 1. The number of aromatic amines is 1. The number of carbonyl (C=O) groups excluding carboxylic acids is 1. The monoisotopic (exact) mass is 217 g/mol. The highest BCUT2D eigenvalue weighted by Crippen LogP contribution is 1.98. The molecule has 0 fully saturated rings. The lowest BCUT2D eigenvalue weighted by Gasteiger charge is -2.00. The first-order valence-corrected chi connectivity index (χ1v) is 4.46. The van der Waals surface area contributed by atoms with E-state index >= 15 is 0 Å². The highest BCUT2D eigenvalue weighted by atomic mass is 16.2. The van der Waals surface area contributed by atoms with Gasteiger partial charge in [-0.3, -0.25) is 9.59 Å². The SMILES string of the molecule is O=C(c1ccccc1)n1c(=O)cn[nH]c1=O. The summed E-state index contributed by atoms with van der Waals surface area (Å²) in [7, 11) is 0. The molecule has 0 radical (unpaired) electrons. The summed E-state index contributed by atoms with van der Waals surface area (Å²) in [6, 6.07) is 8.07. The van der Waals surface area contributed by atoms with Gasteiger partial charge in [0.1, 0.15) is 6.20 Å². The van der Waals surface area contributed by atoms with Crippen molar-refractivity contribution in [3.8, 4) is 0 Å². The van der Waals surface area contributed by atoms with E-state index in [0.29, 0.717) is 4.57 Å². The Kier molecular flexibility index (Phi) is 2.47. The molecule has 80 valence electrons. The fourth-order valence-corrected chi connectivity index (χ4v) is 1.25. The van der Waals surface area contributed by atoms with Crippen LogP contribution in [0.4, 0.5) is 0 Å². The summed E-state index contributed by atoms with van der Waals surface area (Å²) >= 11 is 0. The number of hydrogen-bond donors (Lipinski definition) is 1. The number of carbonyl (C=O) groups is 1. The number of H-pyrrole nitrogens is 1. The van der Waals surface area contributed by atoms with Gasteiger partial charge in [0.25, 0.3) is 11.5 Å². The van der Waals surface area contributed by atoms with Crippen LogP contribution >= 0.6 is 0 Å². The first kappa shape index (κ1) is 10.0. The van der Waals surface area contributed by atoms with E-state index < -0.39 is 17.2 Å². The second-order valence-corrected chi connectivity index (χ2v) is 3.02. The van der Waals surface area contributed by atoms with Crippen molar-refractivity contribution >= 4 is 5.91 Å². The normalized spacial score (nSPS) is 10.0. The summed E-state index contributed by atoms with van der Waals surface area (Å²) in [5.74, 6) is -0.672. The van der Waals surface area contributed by atoms with Crippen LogP contribution in [0.25, 0.3) is 0 Å². The Hall–Kier alpha value is -2.50. The minimum atomic E-state index is -0.846. The summed E-state index contributed by atoms with van der Waals surface area (Å²) in [6.45, 7) is 0. The summed E-state index contributed by atoms with van der Waals surface area (Å²) < 4.78 is 0.502. The molecule has 0 saturated carbocycles. The second kappa shape index (κ2) is 3.93. The Balaban J connectivity index is 2.59. The lowest BCUT2D eigenvalue weighted by Crippen LogP contribution is -2.40. The van der Waals surface area contributed by atoms with E-state index in [1.54, 1.807) is 18.2 Å². The Labute approximate surface area is 89.2 Å². The minimum absolute atomic E-state index is 0.265. The van der Waals surface area contributed by atoms with Crippen LogP contribution in [0.15, 0.2) is 46.1 Å². The number of benzene rings is 1. The minimum Gasteiger partial charge on any atom is -0.268 e. The summed E-state index contributed by atoms with van der Waals surface area (Å²) in [4.78, 5) is 34.4. The van der Waals surface area contributed by atoms with Crippen molar-refractivity contribution in [1.29, 1.82) is 0 Å².